The summed E-state index contributed by atoms with van der Waals surface area (Å²) >= 11 is 7.49. The molecule has 2 heterocycles. The lowest BCUT2D eigenvalue weighted by Crippen LogP contribution is -2.45. The number of aromatic nitrogens is 1. The zero-order chi connectivity index (χ0) is 11.4. The zero-order valence-electron chi connectivity index (χ0n) is 9.58. The summed E-state index contributed by atoms with van der Waals surface area (Å²) in [6.45, 7) is 6.48. The summed E-state index contributed by atoms with van der Waals surface area (Å²) in [6, 6.07) is 0.654. The van der Waals surface area contributed by atoms with Crippen LogP contribution in [-0.2, 0) is 6.54 Å². The van der Waals surface area contributed by atoms with Gasteiger partial charge in [-0.15, -0.1) is 11.3 Å². The Morgan fingerprint density at radius 2 is 2.56 bits per heavy atom. The summed E-state index contributed by atoms with van der Waals surface area (Å²) in [5.74, 6) is 0. The number of hydrogen-bond donors (Lipinski definition) is 1. The van der Waals surface area contributed by atoms with Crippen molar-refractivity contribution < 1.29 is 0 Å². The van der Waals surface area contributed by atoms with Crippen molar-refractivity contribution in [2.24, 2.45) is 0 Å². The molecule has 1 saturated heterocycles. The highest BCUT2D eigenvalue weighted by molar-refractivity contribution is 7.15. The van der Waals surface area contributed by atoms with Crippen LogP contribution in [0.15, 0.2) is 6.20 Å². The fraction of sp³-hybridized carbons (Fsp3) is 0.727. The van der Waals surface area contributed by atoms with Gasteiger partial charge in [-0.05, 0) is 25.9 Å². The second-order valence-corrected chi connectivity index (χ2v) is 5.87. The molecule has 1 atom stereocenters. The molecule has 5 heteroatoms. The lowest BCUT2D eigenvalue weighted by molar-refractivity contribution is 0.166. The minimum atomic E-state index is 0.654. The molecule has 1 aliphatic heterocycles. The highest BCUT2D eigenvalue weighted by atomic mass is 35.5. The first-order valence-corrected chi connectivity index (χ1v) is 7.04. The van der Waals surface area contributed by atoms with Gasteiger partial charge in [0.25, 0.3) is 0 Å². The van der Waals surface area contributed by atoms with Gasteiger partial charge in [-0.25, -0.2) is 4.98 Å². The Labute approximate surface area is 106 Å². The first-order chi connectivity index (χ1) is 7.79. The second-order valence-electron chi connectivity index (χ2n) is 4.12. The van der Waals surface area contributed by atoms with Crippen molar-refractivity contribution in [3.05, 3.63) is 15.5 Å². The van der Waals surface area contributed by atoms with Crippen LogP contribution in [0.1, 0.15) is 24.8 Å². The summed E-state index contributed by atoms with van der Waals surface area (Å²) in [7, 11) is 0. The number of nitrogens with zero attached hydrogens (tertiary/aromatic N) is 2. The van der Waals surface area contributed by atoms with Crippen LogP contribution in [0.25, 0.3) is 0 Å². The first-order valence-electron chi connectivity index (χ1n) is 5.84. The fourth-order valence-electron chi connectivity index (χ4n) is 2.18. The van der Waals surface area contributed by atoms with E-state index in [0.29, 0.717) is 6.04 Å². The molecule has 16 heavy (non-hydrogen) atoms. The quantitative estimate of drug-likeness (QED) is 0.900. The van der Waals surface area contributed by atoms with Crippen molar-refractivity contribution in [2.75, 3.05) is 19.6 Å². The van der Waals surface area contributed by atoms with Gasteiger partial charge in [0.15, 0.2) is 0 Å². The van der Waals surface area contributed by atoms with E-state index in [2.05, 4.69) is 22.1 Å². The van der Waals surface area contributed by atoms with E-state index in [4.69, 9.17) is 11.6 Å². The van der Waals surface area contributed by atoms with Crippen LogP contribution in [0.4, 0.5) is 0 Å². The normalized spacial score (nSPS) is 21.6. The van der Waals surface area contributed by atoms with Gasteiger partial charge >= 0.3 is 0 Å². The molecule has 1 unspecified atom stereocenters. The molecular weight excluding hydrogens is 242 g/mol. The maximum atomic E-state index is 5.90. The second kappa shape index (κ2) is 5.96. The molecule has 0 spiro atoms. The van der Waals surface area contributed by atoms with Gasteiger partial charge in [0.1, 0.15) is 9.34 Å². The van der Waals surface area contributed by atoms with Gasteiger partial charge in [-0.3, -0.25) is 4.90 Å². The van der Waals surface area contributed by atoms with E-state index >= 15 is 0 Å². The Balaban J connectivity index is 1.94. The SMILES string of the molecule is CCN(Cc1ncc(Cl)s1)C1CCCNC1. The lowest BCUT2D eigenvalue weighted by atomic mass is 10.1. The Hall–Kier alpha value is -0.160. The largest absolute Gasteiger partial charge is 0.315 e. The minimum Gasteiger partial charge on any atom is -0.315 e. The van der Waals surface area contributed by atoms with E-state index in [1.807, 2.05) is 0 Å². The topological polar surface area (TPSA) is 28.2 Å². The van der Waals surface area contributed by atoms with Gasteiger partial charge in [-0.2, -0.15) is 0 Å². The van der Waals surface area contributed by atoms with Gasteiger partial charge in [0, 0.05) is 12.6 Å². The predicted molar refractivity (Wildman–Crippen MR) is 69.1 cm³/mol. The molecule has 0 aromatic carbocycles. The van der Waals surface area contributed by atoms with Crippen molar-refractivity contribution in [1.29, 1.82) is 0 Å². The average molecular weight is 260 g/mol. The van der Waals surface area contributed by atoms with Gasteiger partial charge in [0.2, 0.25) is 0 Å². The van der Waals surface area contributed by atoms with Crippen molar-refractivity contribution in [3.63, 3.8) is 0 Å². The third kappa shape index (κ3) is 3.17. The summed E-state index contributed by atoms with van der Waals surface area (Å²) in [5, 5.41) is 4.58. The van der Waals surface area contributed by atoms with Crippen molar-refractivity contribution in [1.82, 2.24) is 15.2 Å². The Morgan fingerprint density at radius 1 is 1.69 bits per heavy atom. The molecule has 1 aromatic heterocycles. The van der Waals surface area contributed by atoms with Crippen molar-refractivity contribution in [2.45, 2.75) is 32.4 Å². The van der Waals surface area contributed by atoms with E-state index in [-0.39, 0.29) is 0 Å². The summed E-state index contributed by atoms with van der Waals surface area (Å²) < 4.78 is 0.785. The Morgan fingerprint density at radius 3 is 3.12 bits per heavy atom. The highest BCUT2D eigenvalue weighted by Crippen LogP contribution is 2.21. The summed E-state index contributed by atoms with van der Waals surface area (Å²) in [6.07, 6.45) is 4.31. The predicted octanol–water partition coefficient (Wildman–Crippen LogP) is 2.37. The molecule has 2 rings (SSSR count). The molecule has 1 aliphatic rings. The number of nitrogens with one attached hydrogen (secondary N) is 1. The summed E-state index contributed by atoms with van der Waals surface area (Å²) in [4.78, 5) is 6.81. The Kier molecular flexibility index (Phi) is 4.58. The zero-order valence-corrected chi connectivity index (χ0v) is 11.2. The van der Waals surface area contributed by atoms with E-state index < -0.39 is 0 Å². The van der Waals surface area contributed by atoms with Gasteiger partial charge < -0.3 is 5.32 Å². The van der Waals surface area contributed by atoms with Crippen molar-refractivity contribution in [3.8, 4) is 0 Å². The van der Waals surface area contributed by atoms with Crippen LogP contribution in [0.5, 0.6) is 0 Å². The molecule has 90 valence electrons. The van der Waals surface area contributed by atoms with E-state index in [1.54, 1.807) is 17.5 Å². The number of thiazole rings is 1. The van der Waals surface area contributed by atoms with E-state index in [1.165, 1.54) is 12.8 Å². The van der Waals surface area contributed by atoms with E-state index in [9.17, 15) is 0 Å². The summed E-state index contributed by atoms with van der Waals surface area (Å²) in [5.41, 5.74) is 0. The molecule has 0 bridgehead atoms. The lowest BCUT2D eigenvalue weighted by Gasteiger charge is -2.33. The molecule has 1 N–H and O–H groups in total. The molecule has 0 saturated carbocycles. The molecule has 3 nitrogen and oxygen atoms in total. The third-order valence-electron chi connectivity index (χ3n) is 3.06. The van der Waals surface area contributed by atoms with Gasteiger partial charge in [-0.1, -0.05) is 18.5 Å². The number of rotatable bonds is 4. The van der Waals surface area contributed by atoms with Crippen LogP contribution in [0.2, 0.25) is 4.34 Å². The molecular formula is C11H18ClN3S. The monoisotopic (exact) mass is 259 g/mol. The molecule has 0 radical (unpaired) electrons. The number of halogens is 1. The maximum absolute atomic E-state index is 5.90. The van der Waals surface area contributed by atoms with Crippen LogP contribution in [-0.4, -0.2) is 35.6 Å². The Bertz CT molecular complexity index is 323. The standard InChI is InChI=1S/C11H18ClN3S/c1-2-15(9-4-3-5-13-6-9)8-11-14-7-10(12)16-11/h7,9,13H,2-6,8H2,1H3. The maximum Gasteiger partial charge on any atom is 0.113 e. The first kappa shape index (κ1) is 12.3. The third-order valence-corrected chi connectivity index (χ3v) is 4.16. The van der Waals surface area contributed by atoms with Crippen LogP contribution >= 0.6 is 22.9 Å². The minimum absolute atomic E-state index is 0.654. The van der Waals surface area contributed by atoms with Gasteiger partial charge in [0.05, 0.1) is 12.7 Å². The molecule has 0 aliphatic carbocycles. The fourth-order valence-corrected chi connectivity index (χ4v) is 3.16. The van der Waals surface area contributed by atoms with E-state index in [0.717, 1.165) is 35.5 Å². The average Bonchev–Trinajstić information content (AvgIpc) is 2.73. The number of likely N-dealkylation sites (N-methyl/N-ethyl adjacent to an activating group) is 1. The van der Waals surface area contributed by atoms with Crippen LogP contribution in [0, 0.1) is 0 Å². The molecule has 0 amide bonds. The highest BCUT2D eigenvalue weighted by Gasteiger charge is 2.20. The molecule has 1 aromatic rings. The van der Waals surface area contributed by atoms with Crippen LogP contribution < -0.4 is 5.32 Å². The smallest absolute Gasteiger partial charge is 0.113 e. The molecule has 1 fully saturated rings. The number of piperidine rings is 1. The van der Waals surface area contributed by atoms with Crippen molar-refractivity contribution >= 4 is 22.9 Å². The number of hydrogen-bond acceptors (Lipinski definition) is 4. The van der Waals surface area contributed by atoms with Crippen LogP contribution in [0.3, 0.4) is 0 Å².